The number of anilines is 1. The molecule has 4 rings (SSSR count). The molecule has 0 saturated heterocycles. The number of carboxylic acid groups (broad SMARTS) is 1. The van der Waals surface area contributed by atoms with Crippen LogP contribution in [0.1, 0.15) is 65.1 Å². The molecular formula is C34H36N4O3. The van der Waals surface area contributed by atoms with E-state index in [0.717, 1.165) is 27.8 Å². The van der Waals surface area contributed by atoms with Gasteiger partial charge in [0.15, 0.2) is 5.75 Å². The Hall–Kier alpha value is -4.70. The van der Waals surface area contributed by atoms with Crippen molar-refractivity contribution in [3.8, 4) is 22.9 Å². The van der Waals surface area contributed by atoms with Crippen LogP contribution in [-0.4, -0.2) is 27.7 Å². The molecule has 210 valence electrons. The van der Waals surface area contributed by atoms with E-state index < -0.39 is 5.97 Å². The number of hydrogen-bond donors (Lipinski definition) is 1. The zero-order valence-electron chi connectivity index (χ0n) is 24.3. The summed E-state index contributed by atoms with van der Waals surface area (Å²) in [5.74, 6) is 0.414. The van der Waals surface area contributed by atoms with Gasteiger partial charge < -0.3 is 14.7 Å². The summed E-state index contributed by atoms with van der Waals surface area (Å²) in [6.07, 6.45) is 3.04. The Morgan fingerprint density at radius 2 is 1.71 bits per heavy atom. The highest BCUT2D eigenvalue weighted by Crippen LogP contribution is 2.32. The maximum Gasteiger partial charge on any atom is 0.306 e. The quantitative estimate of drug-likeness (QED) is 0.213. The molecule has 7 nitrogen and oxygen atoms in total. The lowest BCUT2D eigenvalue weighted by molar-refractivity contribution is -0.137. The van der Waals surface area contributed by atoms with Gasteiger partial charge in [-0.3, -0.25) is 4.79 Å². The first kappa shape index (κ1) is 29.3. The Labute approximate surface area is 242 Å². The van der Waals surface area contributed by atoms with Crippen LogP contribution in [0.25, 0.3) is 11.1 Å². The molecular weight excluding hydrogens is 512 g/mol. The number of nitrogens with zero attached hydrogens (tertiary/aromatic N) is 4. The lowest BCUT2D eigenvalue weighted by Crippen LogP contribution is -2.25. The van der Waals surface area contributed by atoms with Gasteiger partial charge in [-0.05, 0) is 77.8 Å². The zero-order valence-corrected chi connectivity index (χ0v) is 24.3. The minimum atomic E-state index is -0.924. The molecule has 0 atom stereocenters. The first-order valence-electron chi connectivity index (χ1n) is 13.8. The van der Waals surface area contributed by atoms with E-state index in [1.165, 1.54) is 16.7 Å². The van der Waals surface area contributed by atoms with Crippen molar-refractivity contribution in [3.05, 3.63) is 106 Å². The van der Waals surface area contributed by atoms with Crippen LogP contribution >= 0.6 is 0 Å². The first-order chi connectivity index (χ1) is 19.6. The molecule has 1 heterocycles. The van der Waals surface area contributed by atoms with E-state index in [0.29, 0.717) is 36.3 Å². The fourth-order valence-electron chi connectivity index (χ4n) is 4.85. The molecule has 0 aliphatic carbocycles. The summed E-state index contributed by atoms with van der Waals surface area (Å²) in [4.78, 5) is 22.1. The number of ether oxygens (including phenoxy) is 1. The number of aryl methyl sites for hydroxylation is 3. The Kier molecular flexibility index (Phi) is 9.36. The van der Waals surface area contributed by atoms with Crippen LogP contribution in [0.4, 0.5) is 5.95 Å². The fraction of sp³-hybridized carbons (Fsp3) is 0.294. The lowest BCUT2D eigenvalue weighted by Gasteiger charge is -2.25. The summed E-state index contributed by atoms with van der Waals surface area (Å²) < 4.78 is 5.51. The molecule has 0 spiro atoms. The maximum absolute atomic E-state index is 10.8. The van der Waals surface area contributed by atoms with Crippen LogP contribution in [0, 0.1) is 32.1 Å². The third-order valence-electron chi connectivity index (χ3n) is 6.96. The maximum atomic E-state index is 10.8. The smallest absolute Gasteiger partial charge is 0.306 e. The van der Waals surface area contributed by atoms with Gasteiger partial charge in [-0.1, -0.05) is 61.9 Å². The van der Waals surface area contributed by atoms with Crippen molar-refractivity contribution in [1.29, 1.82) is 5.26 Å². The van der Waals surface area contributed by atoms with E-state index in [9.17, 15) is 10.1 Å². The molecule has 0 unspecified atom stereocenters. The van der Waals surface area contributed by atoms with Gasteiger partial charge in [0.1, 0.15) is 0 Å². The lowest BCUT2D eigenvalue weighted by atomic mass is 9.90. The predicted octanol–water partition coefficient (Wildman–Crippen LogP) is 7.12. The number of hydrogen-bond acceptors (Lipinski definition) is 6. The largest absolute Gasteiger partial charge is 0.490 e. The molecule has 1 aromatic heterocycles. The van der Waals surface area contributed by atoms with Gasteiger partial charge in [-0.15, -0.1) is 0 Å². The highest BCUT2D eigenvalue weighted by atomic mass is 16.5. The number of carbonyl (C=O) groups is 1. The van der Waals surface area contributed by atoms with Crippen LogP contribution < -0.4 is 9.64 Å². The van der Waals surface area contributed by atoms with E-state index in [4.69, 9.17) is 9.84 Å². The van der Waals surface area contributed by atoms with E-state index >= 15 is 0 Å². The van der Waals surface area contributed by atoms with Crippen molar-refractivity contribution in [2.24, 2.45) is 0 Å². The number of benzene rings is 3. The van der Waals surface area contributed by atoms with Gasteiger partial charge in [0.2, 0.25) is 5.95 Å². The van der Waals surface area contributed by atoms with Crippen molar-refractivity contribution < 1.29 is 14.6 Å². The van der Waals surface area contributed by atoms with Crippen LogP contribution in [0.5, 0.6) is 5.75 Å². The molecule has 0 amide bonds. The third kappa shape index (κ3) is 7.70. The summed E-state index contributed by atoms with van der Waals surface area (Å²) >= 11 is 0. The minimum absolute atomic E-state index is 0.0451. The van der Waals surface area contributed by atoms with Crippen molar-refractivity contribution in [2.75, 3.05) is 11.5 Å². The molecule has 3 aromatic carbocycles. The molecule has 7 heteroatoms. The van der Waals surface area contributed by atoms with Gasteiger partial charge in [-0.2, -0.15) is 5.26 Å². The average molecular weight is 549 g/mol. The normalized spacial score (nSPS) is 10.9. The van der Waals surface area contributed by atoms with Gasteiger partial charge >= 0.3 is 5.97 Å². The second kappa shape index (κ2) is 13.1. The number of carboxylic acids is 1. The second-order valence-electron chi connectivity index (χ2n) is 10.8. The SMILES string of the molecule is Cc1cc(C#N)cc(CN(Cc2cc(C)ccc2-c2cc(C(C)C)ccc2C)c2ncc(OCCC(=O)O)cn2)c1. The molecule has 0 aliphatic rings. The predicted molar refractivity (Wildman–Crippen MR) is 161 cm³/mol. The van der Waals surface area contributed by atoms with Crippen molar-refractivity contribution in [2.45, 2.75) is 60.0 Å². The average Bonchev–Trinajstić information content (AvgIpc) is 2.93. The molecule has 0 aliphatic heterocycles. The highest BCUT2D eigenvalue weighted by molar-refractivity contribution is 5.72. The van der Waals surface area contributed by atoms with E-state index in [1.54, 1.807) is 12.4 Å². The molecule has 0 bridgehead atoms. The fourth-order valence-corrected chi connectivity index (χ4v) is 4.85. The summed E-state index contributed by atoms with van der Waals surface area (Å²) in [6.45, 7) is 11.7. The van der Waals surface area contributed by atoms with E-state index in [-0.39, 0.29) is 13.0 Å². The number of nitriles is 1. The summed E-state index contributed by atoms with van der Waals surface area (Å²) in [7, 11) is 0. The second-order valence-corrected chi connectivity index (χ2v) is 10.8. The molecule has 0 saturated carbocycles. The van der Waals surface area contributed by atoms with Crippen LogP contribution in [-0.2, 0) is 17.9 Å². The summed E-state index contributed by atoms with van der Waals surface area (Å²) in [5.41, 5.74) is 9.79. The number of aliphatic carboxylic acids is 1. The minimum Gasteiger partial charge on any atom is -0.490 e. The first-order valence-corrected chi connectivity index (χ1v) is 13.8. The van der Waals surface area contributed by atoms with Crippen molar-refractivity contribution in [1.82, 2.24) is 9.97 Å². The Morgan fingerprint density at radius 3 is 2.39 bits per heavy atom. The summed E-state index contributed by atoms with van der Waals surface area (Å²) in [6, 6.07) is 21.3. The molecule has 0 fully saturated rings. The highest BCUT2D eigenvalue weighted by Gasteiger charge is 2.17. The third-order valence-corrected chi connectivity index (χ3v) is 6.96. The van der Waals surface area contributed by atoms with E-state index in [1.807, 2.05) is 19.1 Å². The number of rotatable bonds is 11. The van der Waals surface area contributed by atoms with Crippen molar-refractivity contribution in [3.63, 3.8) is 0 Å². The Balaban J connectivity index is 1.74. The molecule has 4 aromatic rings. The Bertz CT molecular complexity index is 1570. The van der Waals surface area contributed by atoms with Gasteiger partial charge in [0, 0.05) is 13.1 Å². The van der Waals surface area contributed by atoms with Crippen LogP contribution in [0.3, 0.4) is 0 Å². The summed E-state index contributed by atoms with van der Waals surface area (Å²) in [5, 5.41) is 18.4. The van der Waals surface area contributed by atoms with Crippen LogP contribution in [0.2, 0.25) is 0 Å². The molecule has 1 N–H and O–H groups in total. The molecule has 41 heavy (non-hydrogen) atoms. The van der Waals surface area contributed by atoms with Gasteiger partial charge in [-0.25, -0.2) is 9.97 Å². The zero-order chi connectivity index (χ0) is 29.5. The standard InChI is InChI=1S/C34H36N4O3/c1-22(2)28-8-7-25(5)32(16-28)31-9-6-23(3)14-29(31)21-38(20-27-13-24(4)12-26(15-27)17-35)34-36-18-30(19-37-34)41-11-10-33(39)40/h6-9,12-16,18-19,22H,10-11,20-21H2,1-5H3,(H,39,40). The number of aromatic nitrogens is 2. The topological polar surface area (TPSA) is 99.3 Å². The van der Waals surface area contributed by atoms with E-state index in [2.05, 4.69) is 91.1 Å². The van der Waals surface area contributed by atoms with Crippen molar-refractivity contribution >= 4 is 11.9 Å². The van der Waals surface area contributed by atoms with Gasteiger partial charge in [0.25, 0.3) is 0 Å². The van der Waals surface area contributed by atoms with Crippen LogP contribution in [0.15, 0.2) is 67.0 Å². The monoisotopic (exact) mass is 548 g/mol. The van der Waals surface area contributed by atoms with Gasteiger partial charge in [0.05, 0.1) is 37.1 Å². The Morgan fingerprint density at radius 1 is 0.951 bits per heavy atom. The molecule has 0 radical (unpaired) electrons.